The lowest BCUT2D eigenvalue weighted by Gasteiger charge is -2.08. The van der Waals surface area contributed by atoms with Gasteiger partial charge in [-0.3, -0.25) is 20.4 Å². The van der Waals surface area contributed by atoms with Crippen LogP contribution in [0.1, 0.15) is 22.8 Å². The van der Waals surface area contributed by atoms with Gasteiger partial charge in [0.25, 0.3) is 5.91 Å². The molecule has 0 spiro atoms. The van der Waals surface area contributed by atoms with Crippen LogP contribution in [0.5, 0.6) is 5.75 Å². The zero-order valence-electron chi connectivity index (χ0n) is 14.8. The molecule has 1 aromatic heterocycles. The van der Waals surface area contributed by atoms with Crippen molar-refractivity contribution in [2.45, 2.75) is 13.3 Å². The molecule has 0 atom stereocenters. The molecule has 0 radical (unpaired) electrons. The lowest BCUT2D eigenvalue weighted by molar-refractivity contribution is -0.121. The number of nitrogens with zero attached hydrogens (tertiary/aromatic N) is 1. The average molecular weight is 351 g/mol. The highest BCUT2D eigenvalue weighted by molar-refractivity contribution is 5.96. The van der Waals surface area contributed by atoms with Gasteiger partial charge in [-0.1, -0.05) is 18.2 Å². The summed E-state index contributed by atoms with van der Waals surface area (Å²) in [6, 6.07) is 14.6. The molecule has 2 aromatic carbocycles. The largest absolute Gasteiger partial charge is 0.494 e. The summed E-state index contributed by atoms with van der Waals surface area (Å²) >= 11 is 0. The fourth-order valence-corrected chi connectivity index (χ4v) is 2.85. The van der Waals surface area contributed by atoms with Gasteiger partial charge in [-0.15, -0.1) is 0 Å². The van der Waals surface area contributed by atoms with Crippen LogP contribution >= 0.6 is 0 Å². The van der Waals surface area contributed by atoms with Crippen LogP contribution in [0.15, 0.2) is 54.7 Å². The summed E-state index contributed by atoms with van der Waals surface area (Å²) in [4.78, 5) is 24.3. The van der Waals surface area contributed by atoms with Crippen LogP contribution in [0, 0.1) is 0 Å². The Morgan fingerprint density at radius 1 is 1.04 bits per heavy atom. The fraction of sp³-hybridized carbons (Fsp3) is 0.200. The Morgan fingerprint density at radius 3 is 2.50 bits per heavy atom. The van der Waals surface area contributed by atoms with E-state index in [9.17, 15) is 9.59 Å². The number of carbonyl (C=O) groups is 2. The maximum atomic E-state index is 12.2. The summed E-state index contributed by atoms with van der Waals surface area (Å²) < 4.78 is 7.32. The van der Waals surface area contributed by atoms with E-state index in [0.29, 0.717) is 17.9 Å². The number of hydrogen-bond donors (Lipinski definition) is 2. The quantitative estimate of drug-likeness (QED) is 0.694. The van der Waals surface area contributed by atoms with Gasteiger partial charge < -0.3 is 9.30 Å². The first-order valence-electron chi connectivity index (χ1n) is 8.43. The van der Waals surface area contributed by atoms with Gasteiger partial charge in [-0.2, -0.15) is 0 Å². The van der Waals surface area contributed by atoms with Crippen LogP contribution in [0.2, 0.25) is 0 Å². The number of benzene rings is 2. The summed E-state index contributed by atoms with van der Waals surface area (Å²) in [5.74, 6) is 0.0454. The Morgan fingerprint density at radius 2 is 1.77 bits per heavy atom. The van der Waals surface area contributed by atoms with E-state index in [1.54, 1.807) is 24.3 Å². The molecule has 6 heteroatoms. The highest BCUT2D eigenvalue weighted by Crippen LogP contribution is 2.20. The Kier molecular flexibility index (Phi) is 5.22. The number of para-hydroxylation sites is 1. The third-order valence-corrected chi connectivity index (χ3v) is 4.07. The lowest BCUT2D eigenvalue weighted by Crippen LogP contribution is -2.42. The summed E-state index contributed by atoms with van der Waals surface area (Å²) in [6.45, 7) is 2.46. The summed E-state index contributed by atoms with van der Waals surface area (Å²) in [5.41, 5.74) is 7.32. The fourth-order valence-electron chi connectivity index (χ4n) is 2.85. The molecule has 2 N–H and O–H groups in total. The van der Waals surface area contributed by atoms with Crippen molar-refractivity contribution in [3.63, 3.8) is 0 Å². The first kappa shape index (κ1) is 17.5. The molecule has 2 amide bonds. The molecule has 0 unspecified atom stereocenters. The predicted molar refractivity (Wildman–Crippen MR) is 99.8 cm³/mol. The first-order valence-corrected chi connectivity index (χ1v) is 8.43. The maximum Gasteiger partial charge on any atom is 0.269 e. The molecule has 0 saturated carbocycles. The SMILES string of the molecule is CCOc1ccc(C(=O)NNC(=O)Cc2cn(C)c3ccccc23)cc1. The van der Waals surface area contributed by atoms with Crippen molar-refractivity contribution in [3.05, 3.63) is 65.9 Å². The second-order valence-corrected chi connectivity index (χ2v) is 5.92. The molecule has 26 heavy (non-hydrogen) atoms. The smallest absolute Gasteiger partial charge is 0.269 e. The molecular weight excluding hydrogens is 330 g/mol. The Bertz CT molecular complexity index is 929. The molecule has 6 nitrogen and oxygen atoms in total. The van der Waals surface area contributed by atoms with E-state index in [0.717, 1.165) is 16.5 Å². The van der Waals surface area contributed by atoms with Crippen molar-refractivity contribution in [3.8, 4) is 5.75 Å². The summed E-state index contributed by atoms with van der Waals surface area (Å²) in [6.07, 6.45) is 2.11. The number of nitrogens with one attached hydrogen (secondary N) is 2. The maximum absolute atomic E-state index is 12.2. The molecule has 0 aliphatic carbocycles. The van der Waals surface area contributed by atoms with Crippen LogP contribution in [0.4, 0.5) is 0 Å². The normalized spacial score (nSPS) is 10.5. The average Bonchev–Trinajstić information content (AvgIpc) is 2.97. The second-order valence-electron chi connectivity index (χ2n) is 5.92. The molecule has 3 rings (SSSR count). The topological polar surface area (TPSA) is 72.4 Å². The number of ether oxygens (including phenoxy) is 1. The third kappa shape index (κ3) is 3.85. The van der Waals surface area contributed by atoms with Crippen molar-refractivity contribution in [2.24, 2.45) is 7.05 Å². The number of rotatable bonds is 5. The minimum absolute atomic E-state index is 0.185. The zero-order valence-corrected chi connectivity index (χ0v) is 14.8. The van der Waals surface area contributed by atoms with Gasteiger partial charge in [-0.25, -0.2) is 0 Å². The van der Waals surface area contributed by atoms with Crippen molar-refractivity contribution >= 4 is 22.7 Å². The van der Waals surface area contributed by atoms with Crippen LogP contribution in [-0.2, 0) is 18.3 Å². The molecule has 0 saturated heterocycles. The predicted octanol–water partition coefficient (Wildman–Crippen LogP) is 2.58. The number of hydrogen-bond acceptors (Lipinski definition) is 3. The van der Waals surface area contributed by atoms with Crippen LogP contribution < -0.4 is 15.6 Å². The van der Waals surface area contributed by atoms with Gasteiger partial charge in [-0.05, 0) is 42.8 Å². The van der Waals surface area contributed by atoms with E-state index < -0.39 is 0 Å². The number of hydrazine groups is 1. The molecule has 134 valence electrons. The second kappa shape index (κ2) is 7.74. The van der Waals surface area contributed by atoms with Gasteiger partial charge in [0.05, 0.1) is 13.0 Å². The standard InChI is InChI=1S/C20H21N3O3/c1-3-26-16-10-8-14(9-11-16)20(25)22-21-19(24)12-15-13-23(2)18-7-5-4-6-17(15)18/h4-11,13H,3,12H2,1-2H3,(H,21,24)(H,22,25). The van der Waals surface area contributed by atoms with Gasteiger partial charge in [0.15, 0.2) is 0 Å². The Balaban J connectivity index is 1.59. The van der Waals surface area contributed by atoms with Crippen molar-refractivity contribution < 1.29 is 14.3 Å². The Labute approximate surface area is 151 Å². The van der Waals surface area contributed by atoms with Gasteiger partial charge in [0.2, 0.25) is 5.91 Å². The molecule has 0 bridgehead atoms. The number of aromatic nitrogens is 1. The van der Waals surface area contributed by atoms with Crippen LogP contribution in [0.3, 0.4) is 0 Å². The lowest BCUT2D eigenvalue weighted by atomic mass is 10.1. The Hall–Kier alpha value is -3.28. The van der Waals surface area contributed by atoms with Crippen LogP contribution in [0.25, 0.3) is 10.9 Å². The number of fused-ring (bicyclic) bond motifs is 1. The molecule has 0 aliphatic rings. The molecular formula is C20H21N3O3. The molecule has 0 fully saturated rings. The van der Waals surface area contributed by atoms with Crippen molar-refractivity contribution in [1.82, 2.24) is 15.4 Å². The minimum atomic E-state index is -0.376. The number of amides is 2. The minimum Gasteiger partial charge on any atom is -0.494 e. The van der Waals surface area contributed by atoms with E-state index in [-0.39, 0.29) is 18.2 Å². The monoisotopic (exact) mass is 351 g/mol. The van der Waals surface area contributed by atoms with E-state index >= 15 is 0 Å². The number of aryl methyl sites for hydroxylation is 1. The summed E-state index contributed by atoms with van der Waals surface area (Å²) in [5, 5.41) is 1.03. The van der Waals surface area contributed by atoms with Gasteiger partial charge in [0, 0.05) is 29.7 Å². The number of carbonyl (C=O) groups excluding carboxylic acids is 2. The molecule has 0 aliphatic heterocycles. The molecule has 1 heterocycles. The summed E-state index contributed by atoms with van der Waals surface area (Å²) in [7, 11) is 1.94. The van der Waals surface area contributed by atoms with E-state index in [1.807, 2.05) is 49.0 Å². The van der Waals surface area contributed by atoms with Gasteiger partial charge in [0.1, 0.15) is 5.75 Å². The van der Waals surface area contributed by atoms with Gasteiger partial charge >= 0.3 is 0 Å². The highest BCUT2D eigenvalue weighted by atomic mass is 16.5. The third-order valence-electron chi connectivity index (χ3n) is 4.07. The van der Waals surface area contributed by atoms with E-state index in [4.69, 9.17) is 4.74 Å². The van der Waals surface area contributed by atoms with Crippen LogP contribution in [-0.4, -0.2) is 23.0 Å². The van der Waals surface area contributed by atoms with Crippen molar-refractivity contribution in [1.29, 1.82) is 0 Å². The first-order chi connectivity index (χ1) is 12.6. The van der Waals surface area contributed by atoms with Crippen molar-refractivity contribution in [2.75, 3.05) is 6.61 Å². The molecule has 3 aromatic rings. The highest BCUT2D eigenvalue weighted by Gasteiger charge is 2.12. The van der Waals surface area contributed by atoms with E-state index in [1.165, 1.54) is 0 Å². The van der Waals surface area contributed by atoms with E-state index in [2.05, 4.69) is 10.9 Å². The zero-order chi connectivity index (χ0) is 18.5.